The third-order valence-electron chi connectivity index (χ3n) is 4.47. The third kappa shape index (κ3) is 5.05. The molecule has 0 amide bonds. The minimum absolute atomic E-state index is 0.689. The molecule has 0 aromatic heterocycles. The van der Waals surface area contributed by atoms with Crippen LogP contribution >= 0.6 is 0 Å². The zero-order valence-corrected chi connectivity index (χ0v) is 14.5. The van der Waals surface area contributed by atoms with E-state index < -0.39 is 0 Å². The Kier molecular flexibility index (Phi) is 6.56. The highest BCUT2D eigenvalue weighted by molar-refractivity contribution is 5.78. The number of hydrogen-bond acceptors (Lipinski definition) is 3. The van der Waals surface area contributed by atoms with Crippen molar-refractivity contribution in [3.63, 3.8) is 0 Å². The van der Waals surface area contributed by atoms with Gasteiger partial charge in [-0.15, -0.1) is 0 Å². The first-order chi connectivity index (χ1) is 11.1. The number of piperidine rings is 1. The predicted octanol–water partition coefficient (Wildman–Crippen LogP) is 2.68. The Labute approximate surface area is 139 Å². The molecule has 1 aromatic rings. The van der Waals surface area contributed by atoms with Gasteiger partial charge < -0.3 is 20.1 Å². The van der Waals surface area contributed by atoms with Crippen LogP contribution in [0.4, 0.5) is 0 Å². The first kappa shape index (κ1) is 17.4. The number of ether oxygens (including phenoxy) is 2. The van der Waals surface area contributed by atoms with Crippen LogP contribution in [0.15, 0.2) is 23.2 Å². The van der Waals surface area contributed by atoms with Crippen LogP contribution in [-0.4, -0.2) is 44.7 Å². The smallest absolute Gasteiger partial charge is 0.191 e. The number of aliphatic imine (C=N–C) groups is 1. The van der Waals surface area contributed by atoms with Gasteiger partial charge >= 0.3 is 0 Å². The summed E-state index contributed by atoms with van der Waals surface area (Å²) in [6.07, 6.45) is 4.25. The van der Waals surface area contributed by atoms with Crippen molar-refractivity contribution in [2.75, 3.05) is 33.9 Å². The summed E-state index contributed by atoms with van der Waals surface area (Å²) in [6.45, 7) is 5.09. The maximum Gasteiger partial charge on any atom is 0.191 e. The van der Waals surface area contributed by atoms with Crippen LogP contribution in [0, 0.1) is 5.92 Å². The van der Waals surface area contributed by atoms with E-state index in [2.05, 4.69) is 16.8 Å². The number of methoxy groups -OCH3 is 2. The Morgan fingerprint density at radius 3 is 2.65 bits per heavy atom. The number of likely N-dealkylation sites (tertiary alicyclic amines) is 1. The van der Waals surface area contributed by atoms with Crippen LogP contribution < -0.4 is 15.2 Å². The van der Waals surface area contributed by atoms with E-state index in [1.807, 2.05) is 18.2 Å². The van der Waals surface area contributed by atoms with E-state index in [1.165, 1.54) is 12.8 Å². The molecule has 0 aliphatic carbocycles. The lowest BCUT2D eigenvalue weighted by atomic mass is 10.00. The van der Waals surface area contributed by atoms with Crippen molar-refractivity contribution in [1.29, 1.82) is 0 Å². The SMILES string of the molecule is COc1ccc(OC)c(CCCN=C(N)N2CCC(C)CC2)c1. The molecule has 5 heteroatoms. The van der Waals surface area contributed by atoms with Crippen LogP contribution in [0.3, 0.4) is 0 Å². The molecule has 1 aliphatic heterocycles. The fourth-order valence-electron chi connectivity index (χ4n) is 2.88. The lowest BCUT2D eigenvalue weighted by molar-refractivity contribution is 0.277. The number of aryl methyl sites for hydroxylation is 1. The fourth-order valence-corrected chi connectivity index (χ4v) is 2.88. The van der Waals surface area contributed by atoms with Crippen LogP contribution in [0.25, 0.3) is 0 Å². The lowest BCUT2D eigenvalue weighted by Crippen LogP contribution is -2.42. The van der Waals surface area contributed by atoms with Crippen molar-refractivity contribution in [2.24, 2.45) is 16.6 Å². The highest BCUT2D eigenvalue weighted by Crippen LogP contribution is 2.25. The summed E-state index contributed by atoms with van der Waals surface area (Å²) in [5.74, 6) is 3.24. The number of nitrogens with two attached hydrogens (primary N) is 1. The van der Waals surface area contributed by atoms with Gasteiger partial charge in [0.05, 0.1) is 14.2 Å². The van der Waals surface area contributed by atoms with Gasteiger partial charge in [0.15, 0.2) is 5.96 Å². The van der Waals surface area contributed by atoms with E-state index in [4.69, 9.17) is 15.2 Å². The number of benzene rings is 1. The molecule has 1 heterocycles. The third-order valence-corrected chi connectivity index (χ3v) is 4.47. The van der Waals surface area contributed by atoms with E-state index in [1.54, 1.807) is 14.2 Å². The monoisotopic (exact) mass is 319 g/mol. The van der Waals surface area contributed by atoms with Gasteiger partial charge in [-0.25, -0.2) is 0 Å². The molecule has 1 aliphatic rings. The summed E-state index contributed by atoms with van der Waals surface area (Å²) in [5.41, 5.74) is 7.25. The standard InChI is InChI=1S/C18H29N3O2/c1-14-8-11-21(12-9-14)18(19)20-10-4-5-15-13-16(22-2)6-7-17(15)23-3/h6-7,13-14H,4-5,8-12H2,1-3H3,(H2,19,20). The van der Waals surface area contributed by atoms with Gasteiger partial charge in [0, 0.05) is 19.6 Å². The largest absolute Gasteiger partial charge is 0.497 e. The number of hydrogen-bond donors (Lipinski definition) is 1. The average Bonchev–Trinajstić information content (AvgIpc) is 2.58. The van der Waals surface area contributed by atoms with E-state index in [0.717, 1.165) is 55.5 Å². The number of rotatable bonds is 6. The molecular formula is C18H29N3O2. The normalized spacial score (nSPS) is 16.5. The van der Waals surface area contributed by atoms with Gasteiger partial charge in [0.1, 0.15) is 11.5 Å². The summed E-state index contributed by atoms with van der Waals surface area (Å²) in [4.78, 5) is 6.73. The second-order valence-electron chi connectivity index (χ2n) is 6.19. The molecule has 1 saturated heterocycles. The second-order valence-corrected chi connectivity index (χ2v) is 6.19. The molecule has 1 aromatic carbocycles. The van der Waals surface area contributed by atoms with Crippen LogP contribution in [-0.2, 0) is 6.42 Å². The molecule has 0 radical (unpaired) electrons. The first-order valence-corrected chi connectivity index (χ1v) is 8.39. The summed E-state index contributed by atoms with van der Waals surface area (Å²) in [6, 6.07) is 5.88. The molecule has 0 saturated carbocycles. The molecule has 2 rings (SSSR count). The molecule has 0 unspecified atom stereocenters. The average molecular weight is 319 g/mol. The Balaban J connectivity index is 1.83. The Hall–Kier alpha value is -1.91. The van der Waals surface area contributed by atoms with Crippen LogP contribution in [0.5, 0.6) is 11.5 Å². The van der Waals surface area contributed by atoms with Crippen molar-refractivity contribution in [3.05, 3.63) is 23.8 Å². The van der Waals surface area contributed by atoms with Crippen molar-refractivity contribution in [1.82, 2.24) is 4.90 Å². The van der Waals surface area contributed by atoms with Gasteiger partial charge in [0.2, 0.25) is 0 Å². The van der Waals surface area contributed by atoms with Crippen molar-refractivity contribution in [3.8, 4) is 11.5 Å². The molecule has 0 spiro atoms. The maximum atomic E-state index is 6.11. The van der Waals surface area contributed by atoms with E-state index in [0.29, 0.717) is 5.96 Å². The molecular weight excluding hydrogens is 290 g/mol. The molecule has 1 fully saturated rings. The summed E-state index contributed by atoms with van der Waals surface area (Å²) >= 11 is 0. The molecule has 0 atom stereocenters. The number of guanidine groups is 1. The van der Waals surface area contributed by atoms with E-state index in [9.17, 15) is 0 Å². The first-order valence-electron chi connectivity index (χ1n) is 8.39. The minimum Gasteiger partial charge on any atom is -0.497 e. The van der Waals surface area contributed by atoms with Crippen molar-refractivity contribution >= 4 is 5.96 Å². The van der Waals surface area contributed by atoms with Gasteiger partial charge in [0.25, 0.3) is 0 Å². The highest BCUT2D eigenvalue weighted by Gasteiger charge is 2.16. The maximum absolute atomic E-state index is 6.11. The van der Waals surface area contributed by atoms with Crippen molar-refractivity contribution in [2.45, 2.75) is 32.6 Å². The molecule has 128 valence electrons. The zero-order valence-electron chi connectivity index (χ0n) is 14.5. The zero-order chi connectivity index (χ0) is 16.7. The number of nitrogens with zero attached hydrogens (tertiary/aromatic N) is 2. The highest BCUT2D eigenvalue weighted by atomic mass is 16.5. The van der Waals surface area contributed by atoms with Gasteiger partial charge in [-0.1, -0.05) is 6.92 Å². The Morgan fingerprint density at radius 2 is 2.00 bits per heavy atom. The van der Waals surface area contributed by atoms with E-state index in [-0.39, 0.29) is 0 Å². The Bertz CT molecular complexity index is 523. The molecule has 2 N–H and O–H groups in total. The van der Waals surface area contributed by atoms with Gasteiger partial charge in [-0.3, -0.25) is 4.99 Å². The summed E-state index contributed by atoms with van der Waals surface area (Å²) in [7, 11) is 3.37. The Morgan fingerprint density at radius 1 is 1.26 bits per heavy atom. The van der Waals surface area contributed by atoms with Gasteiger partial charge in [-0.05, 0) is 55.4 Å². The molecule has 23 heavy (non-hydrogen) atoms. The van der Waals surface area contributed by atoms with E-state index >= 15 is 0 Å². The van der Waals surface area contributed by atoms with Gasteiger partial charge in [-0.2, -0.15) is 0 Å². The second kappa shape index (κ2) is 8.65. The predicted molar refractivity (Wildman–Crippen MR) is 94.3 cm³/mol. The van der Waals surface area contributed by atoms with Crippen molar-refractivity contribution < 1.29 is 9.47 Å². The summed E-state index contributed by atoms with van der Waals surface area (Å²) < 4.78 is 10.7. The minimum atomic E-state index is 0.689. The topological polar surface area (TPSA) is 60.1 Å². The fraction of sp³-hybridized carbons (Fsp3) is 0.611. The van der Waals surface area contributed by atoms with Crippen LogP contribution in [0.2, 0.25) is 0 Å². The molecule has 5 nitrogen and oxygen atoms in total. The molecule has 0 bridgehead atoms. The lowest BCUT2D eigenvalue weighted by Gasteiger charge is -2.31. The summed E-state index contributed by atoms with van der Waals surface area (Å²) in [5, 5.41) is 0. The quantitative estimate of drug-likeness (QED) is 0.497. The van der Waals surface area contributed by atoms with Crippen LogP contribution in [0.1, 0.15) is 31.7 Å².